The zero-order valence-corrected chi connectivity index (χ0v) is 12.6. The van der Waals surface area contributed by atoms with Crippen molar-refractivity contribution >= 4 is 0 Å². The van der Waals surface area contributed by atoms with E-state index in [0.29, 0.717) is 11.6 Å². The highest BCUT2D eigenvalue weighted by Gasteiger charge is 2.09. The van der Waals surface area contributed by atoms with Crippen LogP contribution in [0.5, 0.6) is 5.75 Å². The van der Waals surface area contributed by atoms with Gasteiger partial charge >= 0.3 is 0 Å². The van der Waals surface area contributed by atoms with Gasteiger partial charge in [0.1, 0.15) is 25.0 Å². The van der Waals surface area contributed by atoms with Crippen molar-refractivity contribution in [3.05, 3.63) is 73.1 Å². The van der Waals surface area contributed by atoms with Crippen molar-refractivity contribution in [1.29, 1.82) is 0 Å². The lowest BCUT2D eigenvalue weighted by molar-refractivity contribution is 0.292. The minimum Gasteiger partial charge on any atom is -0.485 e. The molecule has 24 heavy (non-hydrogen) atoms. The molecule has 0 spiro atoms. The molecule has 0 radical (unpaired) electrons. The highest BCUT2D eigenvalue weighted by Crippen LogP contribution is 2.17. The molecule has 0 amide bonds. The summed E-state index contributed by atoms with van der Waals surface area (Å²) in [5, 5.41) is 15.9. The Hall–Kier alpha value is -3.55. The summed E-state index contributed by atoms with van der Waals surface area (Å²) < 4.78 is 9.15. The van der Waals surface area contributed by atoms with E-state index in [-0.39, 0.29) is 6.61 Å². The lowest BCUT2D eigenvalue weighted by atomic mass is 10.3. The van der Waals surface area contributed by atoms with Crippen molar-refractivity contribution in [2.24, 2.45) is 0 Å². The minimum atomic E-state index is 0.253. The van der Waals surface area contributed by atoms with Gasteiger partial charge in [-0.3, -0.25) is 0 Å². The van der Waals surface area contributed by atoms with Crippen molar-refractivity contribution in [1.82, 2.24) is 35.0 Å². The summed E-state index contributed by atoms with van der Waals surface area (Å²) in [7, 11) is 0. The standard InChI is InChI=1S/C16H13N7O/c1-2-5-13(6-3-1)23-16(19-20-21-23)10-24-15-8-4-7-14(9-15)22-12-17-11-18-22/h1-9,11-12H,10H2. The van der Waals surface area contributed by atoms with E-state index in [1.165, 1.54) is 6.33 Å². The van der Waals surface area contributed by atoms with Crippen molar-refractivity contribution in [2.75, 3.05) is 0 Å². The van der Waals surface area contributed by atoms with Gasteiger partial charge in [0.25, 0.3) is 0 Å². The first-order chi connectivity index (χ1) is 11.9. The SMILES string of the molecule is c1ccc(-n2nnnc2COc2cccc(-n3cncn3)c2)cc1. The predicted molar refractivity (Wildman–Crippen MR) is 84.8 cm³/mol. The molecule has 0 saturated carbocycles. The number of aromatic nitrogens is 7. The Bertz CT molecular complexity index is 919. The van der Waals surface area contributed by atoms with Gasteiger partial charge in [-0.25, -0.2) is 9.67 Å². The van der Waals surface area contributed by atoms with Gasteiger partial charge in [-0.05, 0) is 34.7 Å². The Morgan fingerprint density at radius 1 is 0.958 bits per heavy atom. The summed E-state index contributed by atoms with van der Waals surface area (Å²) in [4.78, 5) is 3.94. The fourth-order valence-electron chi connectivity index (χ4n) is 2.27. The molecule has 0 aliphatic rings. The van der Waals surface area contributed by atoms with Crippen molar-refractivity contribution < 1.29 is 4.74 Å². The maximum absolute atomic E-state index is 5.83. The van der Waals surface area contributed by atoms with Gasteiger partial charge in [0, 0.05) is 6.07 Å². The molecule has 8 heteroatoms. The van der Waals surface area contributed by atoms with E-state index in [9.17, 15) is 0 Å². The lowest BCUT2D eigenvalue weighted by Crippen LogP contribution is -2.07. The molecule has 0 atom stereocenters. The average molecular weight is 319 g/mol. The molecule has 0 unspecified atom stereocenters. The number of rotatable bonds is 5. The molecule has 0 aliphatic carbocycles. The maximum atomic E-state index is 5.83. The molecule has 0 saturated heterocycles. The van der Waals surface area contributed by atoms with Crippen LogP contribution in [-0.2, 0) is 6.61 Å². The highest BCUT2D eigenvalue weighted by molar-refractivity contribution is 5.38. The van der Waals surface area contributed by atoms with Crippen LogP contribution in [0.4, 0.5) is 0 Å². The molecule has 0 fully saturated rings. The summed E-state index contributed by atoms with van der Waals surface area (Å²) in [6.07, 6.45) is 3.12. The number of para-hydroxylation sites is 1. The van der Waals surface area contributed by atoms with Crippen molar-refractivity contribution in [3.8, 4) is 17.1 Å². The zero-order chi connectivity index (χ0) is 16.2. The normalized spacial score (nSPS) is 10.7. The van der Waals surface area contributed by atoms with Gasteiger partial charge in [-0.2, -0.15) is 9.78 Å². The van der Waals surface area contributed by atoms with Gasteiger partial charge in [0.05, 0.1) is 11.4 Å². The molecule has 0 bridgehead atoms. The molecule has 0 N–H and O–H groups in total. The minimum absolute atomic E-state index is 0.253. The van der Waals surface area contributed by atoms with Crippen LogP contribution in [0.15, 0.2) is 67.3 Å². The first-order valence-electron chi connectivity index (χ1n) is 7.31. The molecular weight excluding hydrogens is 306 g/mol. The van der Waals surface area contributed by atoms with Crippen LogP contribution in [0.1, 0.15) is 5.82 Å². The Labute approximate surface area is 137 Å². The Balaban J connectivity index is 1.52. The van der Waals surface area contributed by atoms with Gasteiger partial charge < -0.3 is 4.74 Å². The van der Waals surface area contributed by atoms with E-state index in [1.807, 2.05) is 54.6 Å². The van der Waals surface area contributed by atoms with Gasteiger partial charge in [-0.1, -0.05) is 24.3 Å². The number of benzene rings is 2. The van der Waals surface area contributed by atoms with Gasteiger partial charge in [-0.15, -0.1) is 5.10 Å². The third-order valence-corrected chi connectivity index (χ3v) is 3.40. The van der Waals surface area contributed by atoms with Gasteiger partial charge in [0.2, 0.25) is 0 Å². The molecule has 8 nitrogen and oxygen atoms in total. The number of tetrazole rings is 1. The van der Waals surface area contributed by atoms with E-state index in [1.54, 1.807) is 15.7 Å². The third kappa shape index (κ3) is 2.84. The van der Waals surface area contributed by atoms with Crippen molar-refractivity contribution in [3.63, 3.8) is 0 Å². The largest absolute Gasteiger partial charge is 0.485 e. The second-order valence-electron chi connectivity index (χ2n) is 4.97. The fourth-order valence-corrected chi connectivity index (χ4v) is 2.27. The first kappa shape index (κ1) is 14.1. The quantitative estimate of drug-likeness (QED) is 0.558. The molecule has 2 aromatic carbocycles. The smallest absolute Gasteiger partial charge is 0.194 e. The molecule has 2 heterocycles. The second kappa shape index (κ2) is 6.29. The average Bonchev–Trinajstić information content (AvgIpc) is 3.33. The summed E-state index contributed by atoms with van der Waals surface area (Å²) in [6.45, 7) is 0.253. The molecular formula is C16H13N7O. The van der Waals surface area contributed by atoms with Gasteiger partial charge in [0.15, 0.2) is 5.82 Å². The van der Waals surface area contributed by atoms with E-state index < -0.39 is 0 Å². The Morgan fingerprint density at radius 3 is 2.67 bits per heavy atom. The molecule has 4 rings (SSSR count). The molecule has 4 aromatic rings. The van der Waals surface area contributed by atoms with Crippen LogP contribution in [0.2, 0.25) is 0 Å². The van der Waals surface area contributed by atoms with E-state index in [4.69, 9.17) is 4.74 Å². The zero-order valence-electron chi connectivity index (χ0n) is 12.6. The second-order valence-corrected chi connectivity index (χ2v) is 4.97. The molecule has 2 aromatic heterocycles. The topological polar surface area (TPSA) is 83.5 Å². The van der Waals surface area contributed by atoms with Crippen LogP contribution in [0, 0.1) is 0 Å². The molecule has 0 aliphatic heterocycles. The molecule has 118 valence electrons. The van der Waals surface area contributed by atoms with E-state index >= 15 is 0 Å². The monoisotopic (exact) mass is 319 g/mol. The summed E-state index contributed by atoms with van der Waals surface area (Å²) >= 11 is 0. The summed E-state index contributed by atoms with van der Waals surface area (Å²) in [6, 6.07) is 17.3. The predicted octanol–water partition coefficient (Wildman–Crippen LogP) is 1.82. The van der Waals surface area contributed by atoms with Crippen LogP contribution in [-0.4, -0.2) is 35.0 Å². The maximum Gasteiger partial charge on any atom is 0.194 e. The third-order valence-electron chi connectivity index (χ3n) is 3.40. The van der Waals surface area contributed by atoms with E-state index in [2.05, 4.69) is 25.6 Å². The van der Waals surface area contributed by atoms with Crippen LogP contribution in [0.3, 0.4) is 0 Å². The van der Waals surface area contributed by atoms with Crippen LogP contribution in [0.25, 0.3) is 11.4 Å². The summed E-state index contributed by atoms with van der Waals surface area (Å²) in [5.74, 6) is 1.32. The lowest BCUT2D eigenvalue weighted by Gasteiger charge is -2.08. The highest BCUT2D eigenvalue weighted by atomic mass is 16.5. The number of hydrogen-bond acceptors (Lipinski definition) is 6. The van der Waals surface area contributed by atoms with Crippen molar-refractivity contribution in [2.45, 2.75) is 6.61 Å². The summed E-state index contributed by atoms with van der Waals surface area (Å²) in [5.41, 5.74) is 1.75. The van der Waals surface area contributed by atoms with Crippen LogP contribution >= 0.6 is 0 Å². The number of hydrogen-bond donors (Lipinski definition) is 0. The number of ether oxygens (including phenoxy) is 1. The van der Waals surface area contributed by atoms with E-state index in [0.717, 1.165) is 11.4 Å². The Morgan fingerprint density at radius 2 is 1.83 bits per heavy atom. The van der Waals surface area contributed by atoms with Crippen LogP contribution < -0.4 is 4.74 Å². The Kier molecular flexibility index (Phi) is 3.69. The first-order valence-corrected chi connectivity index (χ1v) is 7.31. The fraction of sp³-hybridized carbons (Fsp3) is 0.0625. The number of nitrogens with zero attached hydrogens (tertiary/aromatic N) is 7.